The fourth-order valence-corrected chi connectivity index (χ4v) is 4.70. The predicted octanol–water partition coefficient (Wildman–Crippen LogP) is 4.62. The number of hydrogen-bond acceptors (Lipinski definition) is 4. The third kappa shape index (κ3) is 3.84. The Bertz CT molecular complexity index is 908. The first-order valence-corrected chi connectivity index (χ1v) is 10.4. The number of likely N-dealkylation sites (tertiary alicyclic amines) is 1. The summed E-state index contributed by atoms with van der Waals surface area (Å²) in [5.74, 6) is 0.0285. The second-order valence-corrected chi connectivity index (χ2v) is 7.98. The van der Waals surface area contributed by atoms with E-state index in [4.69, 9.17) is 9.47 Å². The average Bonchev–Trinajstić information content (AvgIpc) is 3.11. The van der Waals surface area contributed by atoms with Crippen LogP contribution in [0.2, 0.25) is 0 Å². The van der Waals surface area contributed by atoms with Gasteiger partial charge >= 0.3 is 12.1 Å². The molecule has 0 aromatic heterocycles. The Balaban J connectivity index is 1.41. The largest absolute Gasteiger partial charge is 0.469 e. The monoisotopic (exact) mass is 405 g/mol. The molecule has 30 heavy (non-hydrogen) atoms. The summed E-state index contributed by atoms with van der Waals surface area (Å²) in [6.07, 6.45) is 2.61. The summed E-state index contributed by atoms with van der Waals surface area (Å²) in [5, 5.41) is 0. The molecule has 5 nitrogen and oxygen atoms in total. The zero-order chi connectivity index (χ0) is 21.1. The lowest BCUT2D eigenvalue weighted by Gasteiger charge is -2.36. The highest BCUT2D eigenvalue weighted by Crippen LogP contribution is 2.44. The second-order valence-electron chi connectivity index (χ2n) is 7.98. The highest BCUT2D eigenvalue weighted by Gasteiger charge is 2.33. The van der Waals surface area contributed by atoms with Crippen molar-refractivity contribution in [3.8, 4) is 11.1 Å². The highest BCUT2D eigenvalue weighted by molar-refractivity contribution is 5.79. The molecule has 1 heterocycles. The van der Waals surface area contributed by atoms with Crippen molar-refractivity contribution in [1.29, 1.82) is 0 Å². The van der Waals surface area contributed by atoms with Crippen LogP contribution in [0.1, 0.15) is 29.9 Å². The third-order valence-electron chi connectivity index (χ3n) is 6.36. The summed E-state index contributed by atoms with van der Waals surface area (Å²) in [4.78, 5) is 26.2. The molecule has 2 atom stereocenters. The number of benzene rings is 2. The number of esters is 1. The molecule has 0 N–H and O–H groups in total. The van der Waals surface area contributed by atoms with Crippen LogP contribution in [0.3, 0.4) is 0 Å². The van der Waals surface area contributed by atoms with Crippen molar-refractivity contribution in [2.45, 2.75) is 18.8 Å². The third-order valence-corrected chi connectivity index (χ3v) is 6.36. The zero-order valence-corrected chi connectivity index (χ0v) is 17.3. The van der Waals surface area contributed by atoms with E-state index in [-0.39, 0.29) is 29.8 Å². The molecule has 2 aromatic rings. The molecule has 0 radical (unpaired) electrons. The van der Waals surface area contributed by atoms with E-state index in [1.807, 2.05) is 30.3 Å². The molecule has 0 unspecified atom stereocenters. The number of hydrogen-bond donors (Lipinski definition) is 0. The lowest BCUT2D eigenvalue weighted by molar-refractivity contribution is -0.142. The molecule has 1 amide bonds. The normalized spacial score (nSPS) is 20.2. The maximum absolute atomic E-state index is 12.8. The first-order valence-electron chi connectivity index (χ1n) is 10.4. The van der Waals surface area contributed by atoms with Crippen molar-refractivity contribution >= 4 is 12.1 Å². The van der Waals surface area contributed by atoms with Crippen LogP contribution in [-0.4, -0.2) is 43.8 Å². The van der Waals surface area contributed by atoms with Crippen LogP contribution in [0.5, 0.6) is 0 Å². The molecule has 1 fully saturated rings. The first-order chi connectivity index (χ1) is 14.6. The van der Waals surface area contributed by atoms with Gasteiger partial charge in [-0.05, 0) is 40.5 Å². The number of ether oxygens (including phenoxy) is 2. The predicted molar refractivity (Wildman–Crippen MR) is 115 cm³/mol. The van der Waals surface area contributed by atoms with Crippen LogP contribution in [0.15, 0.2) is 61.2 Å². The summed E-state index contributed by atoms with van der Waals surface area (Å²) in [6.45, 7) is 5.29. The molecule has 1 saturated heterocycles. The SMILES string of the molecule is C=C[C@H]1CN(C(=O)OCC2c3ccccc3-c3ccccc32)CC[C@H]1CC(=O)OC. The van der Waals surface area contributed by atoms with E-state index >= 15 is 0 Å². The van der Waals surface area contributed by atoms with Gasteiger partial charge in [-0.25, -0.2) is 4.79 Å². The Kier molecular flexibility index (Phi) is 5.88. The summed E-state index contributed by atoms with van der Waals surface area (Å²) in [5.41, 5.74) is 4.83. The summed E-state index contributed by atoms with van der Waals surface area (Å²) in [6, 6.07) is 16.6. The molecule has 5 heteroatoms. The molecule has 156 valence electrons. The van der Waals surface area contributed by atoms with Crippen LogP contribution in [-0.2, 0) is 14.3 Å². The van der Waals surface area contributed by atoms with Crippen molar-refractivity contribution in [2.24, 2.45) is 11.8 Å². The highest BCUT2D eigenvalue weighted by atomic mass is 16.6. The molecular weight excluding hydrogens is 378 g/mol. The van der Waals surface area contributed by atoms with E-state index < -0.39 is 0 Å². The molecule has 1 aliphatic heterocycles. The van der Waals surface area contributed by atoms with Gasteiger partial charge in [0.25, 0.3) is 0 Å². The number of methoxy groups -OCH3 is 1. The number of carbonyl (C=O) groups is 2. The molecule has 4 rings (SSSR count). The molecule has 0 bridgehead atoms. The van der Waals surface area contributed by atoms with Crippen LogP contribution >= 0.6 is 0 Å². The van der Waals surface area contributed by atoms with Crippen molar-refractivity contribution in [1.82, 2.24) is 4.90 Å². The Morgan fingerprint density at radius 1 is 1.10 bits per heavy atom. The maximum atomic E-state index is 12.8. The Hall–Kier alpha value is -3.08. The molecule has 0 spiro atoms. The minimum Gasteiger partial charge on any atom is -0.469 e. The van der Waals surface area contributed by atoms with Gasteiger partial charge in [0.1, 0.15) is 6.61 Å². The van der Waals surface area contributed by atoms with E-state index in [9.17, 15) is 9.59 Å². The van der Waals surface area contributed by atoms with Gasteiger partial charge in [0.2, 0.25) is 0 Å². The maximum Gasteiger partial charge on any atom is 0.409 e. The second kappa shape index (κ2) is 8.74. The lowest BCUT2D eigenvalue weighted by atomic mass is 9.83. The lowest BCUT2D eigenvalue weighted by Crippen LogP contribution is -2.44. The Morgan fingerprint density at radius 2 is 1.73 bits per heavy atom. The van der Waals surface area contributed by atoms with Gasteiger partial charge in [-0.1, -0.05) is 54.6 Å². The van der Waals surface area contributed by atoms with E-state index in [0.29, 0.717) is 26.1 Å². The van der Waals surface area contributed by atoms with Gasteiger partial charge in [0, 0.05) is 25.4 Å². The van der Waals surface area contributed by atoms with Crippen molar-refractivity contribution in [2.75, 3.05) is 26.8 Å². The molecule has 0 saturated carbocycles. The van der Waals surface area contributed by atoms with E-state index in [1.54, 1.807) is 4.90 Å². The number of rotatable bonds is 5. The fourth-order valence-electron chi connectivity index (χ4n) is 4.70. The Labute approximate surface area is 177 Å². The van der Waals surface area contributed by atoms with Gasteiger partial charge in [0.05, 0.1) is 7.11 Å². The molecule has 1 aliphatic carbocycles. The van der Waals surface area contributed by atoms with Gasteiger partial charge in [0.15, 0.2) is 0 Å². The van der Waals surface area contributed by atoms with Gasteiger partial charge in [-0.2, -0.15) is 0 Å². The Morgan fingerprint density at radius 3 is 2.33 bits per heavy atom. The fraction of sp³-hybridized carbons (Fsp3) is 0.360. The van der Waals surface area contributed by atoms with Gasteiger partial charge < -0.3 is 14.4 Å². The van der Waals surface area contributed by atoms with Crippen molar-refractivity contribution < 1.29 is 19.1 Å². The van der Waals surface area contributed by atoms with E-state index in [0.717, 1.165) is 6.42 Å². The number of carbonyl (C=O) groups excluding carboxylic acids is 2. The first kappa shape index (κ1) is 20.2. The minimum absolute atomic E-state index is 0.0495. The summed E-state index contributed by atoms with van der Waals surface area (Å²) < 4.78 is 10.6. The van der Waals surface area contributed by atoms with Gasteiger partial charge in [-0.15, -0.1) is 6.58 Å². The van der Waals surface area contributed by atoms with Crippen LogP contribution in [0.25, 0.3) is 11.1 Å². The molecule has 2 aromatic carbocycles. The topological polar surface area (TPSA) is 55.8 Å². The van der Waals surface area contributed by atoms with Crippen LogP contribution in [0.4, 0.5) is 4.79 Å². The smallest absolute Gasteiger partial charge is 0.409 e. The minimum atomic E-state index is -0.305. The number of nitrogens with zero attached hydrogens (tertiary/aromatic N) is 1. The average molecular weight is 405 g/mol. The standard InChI is InChI=1S/C25H27NO4/c1-3-17-15-26(13-12-18(17)14-24(27)29-2)25(28)30-16-23-21-10-6-4-8-19(21)20-9-5-7-11-22(20)23/h3-11,17-18,23H,1,12-16H2,2H3/t17-,18-/m0/s1. The van der Waals surface area contributed by atoms with Crippen LogP contribution in [0, 0.1) is 11.8 Å². The van der Waals surface area contributed by atoms with Crippen molar-refractivity contribution in [3.63, 3.8) is 0 Å². The summed E-state index contributed by atoms with van der Waals surface area (Å²) in [7, 11) is 1.40. The quantitative estimate of drug-likeness (QED) is 0.538. The zero-order valence-electron chi connectivity index (χ0n) is 17.3. The number of amides is 1. The summed E-state index contributed by atoms with van der Waals surface area (Å²) >= 11 is 0. The van der Waals surface area contributed by atoms with Crippen LogP contribution < -0.4 is 0 Å². The molecule has 2 aliphatic rings. The van der Waals surface area contributed by atoms with Gasteiger partial charge in [-0.3, -0.25) is 4.79 Å². The number of fused-ring (bicyclic) bond motifs is 3. The van der Waals surface area contributed by atoms with E-state index in [2.05, 4.69) is 30.8 Å². The number of piperidine rings is 1. The molecular formula is C25H27NO4. The van der Waals surface area contributed by atoms with Crippen molar-refractivity contribution in [3.05, 3.63) is 72.3 Å². The van der Waals surface area contributed by atoms with E-state index in [1.165, 1.54) is 29.4 Å².